The summed E-state index contributed by atoms with van der Waals surface area (Å²) in [6.07, 6.45) is 0. The van der Waals surface area contributed by atoms with E-state index in [1.54, 1.807) is 6.07 Å². The molecule has 5 nitrogen and oxygen atoms in total. The molecule has 0 saturated carbocycles. The molecule has 0 amide bonds. The average molecular weight is 313 g/mol. The van der Waals surface area contributed by atoms with E-state index in [0.29, 0.717) is 17.1 Å². The Bertz CT molecular complexity index is 738. The van der Waals surface area contributed by atoms with Crippen molar-refractivity contribution in [3.63, 3.8) is 0 Å². The molecule has 2 rings (SSSR count). The lowest BCUT2D eigenvalue weighted by Gasteiger charge is -2.14. The molecule has 0 spiro atoms. The van der Waals surface area contributed by atoms with Crippen molar-refractivity contribution in [2.45, 2.75) is 20.8 Å². The number of rotatable bonds is 4. The Balaban J connectivity index is 2.46. The first-order chi connectivity index (χ1) is 11.0. The van der Waals surface area contributed by atoms with Crippen LogP contribution in [0.25, 0.3) is 0 Å². The van der Waals surface area contributed by atoms with Crippen LogP contribution >= 0.6 is 0 Å². The molecule has 23 heavy (non-hydrogen) atoms. The molecular weight excluding hydrogens is 294 g/mol. The van der Waals surface area contributed by atoms with Gasteiger partial charge in [0.2, 0.25) is 0 Å². The van der Waals surface area contributed by atoms with E-state index in [0.717, 1.165) is 11.1 Å². The number of benzene rings is 2. The monoisotopic (exact) mass is 313 g/mol. The number of carbonyl (C=O) groups is 1. The van der Waals surface area contributed by atoms with E-state index in [4.69, 9.17) is 14.3 Å². The molecule has 0 aliphatic rings. The third-order valence-electron chi connectivity index (χ3n) is 3.09. The van der Waals surface area contributed by atoms with Gasteiger partial charge in [-0.05, 0) is 42.8 Å². The molecule has 5 heteroatoms. The highest BCUT2D eigenvalue weighted by atomic mass is 16.6. The van der Waals surface area contributed by atoms with Crippen LogP contribution in [0.3, 0.4) is 0 Å². The van der Waals surface area contributed by atoms with Gasteiger partial charge in [0.05, 0.1) is 5.56 Å². The highest BCUT2D eigenvalue weighted by molar-refractivity contribution is 5.98. The molecule has 2 aromatic carbocycles. The molecule has 0 aliphatic heterocycles. The number of nitrogens with zero attached hydrogens (tertiary/aromatic N) is 1. The second-order valence-electron chi connectivity index (χ2n) is 5.04. The normalized spacial score (nSPS) is 11.0. The van der Waals surface area contributed by atoms with Crippen molar-refractivity contribution in [2.24, 2.45) is 5.16 Å². The number of esters is 1. The van der Waals surface area contributed by atoms with Gasteiger partial charge < -0.3 is 14.3 Å². The van der Waals surface area contributed by atoms with E-state index < -0.39 is 5.97 Å². The Labute approximate surface area is 135 Å². The van der Waals surface area contributed by atoms with Crippen LogP contribution in [0.2, 0.25) is 0 Å². The lowest BCUT2D eigenvalue weighted by atomic mass is 10.1. The Morgan fingerprint density at radius 1 is 1.00 bits per heavy atom. The predicted molar refractivity (Wildman–Crippen MR) is 87.8 cm³/mol. The van der Waals surface area contributed by atoms with E-state index in [-0.39, 0.29) is 5.90 Å². The zero-order valence-electron chi connectivity index (χ0n) is 13.6. The fraction of sp³-hybridized carbons (Fsp3) is 0.222. The number of hydrogen-bond acceptors (Lipinski definition) is 5. The highest BCUT2D eigenvalue weighted by Crippen LogP contribution is 2.25. The van der Waals surface area contributed by atoms with Crippen molar-refractivity contribution in [1.29, 1.82) is 0 Å². The van der Waals surface area contributed by atoms with Crippen molar-refractivity contribution in [3.05, 3.63) is 59.2 Å². The molecule has 0 heterocycles. The summed E-state index contributed by atoms with van der Waals surface area (Å²) in [5.41, 5.74) is 2.48. The molecule has 0 atom stereocenters. The third-order valence-corrected chi connectivity index (χ3v) is 3.09. The summed E-state index contributed by atoms with van der Waals surface area (Å²) in [6.45, 7) is 5.21. The van der Waals surface area contributed by atoms with E-state index >= 15 is 0 Å². The quantitative estimate of drug-likeness (QED) is 0.284. The molecule has 0 bridgehead atoms. The Morgan fingerprint density at radius 2 is 1.74 bits per heavy atom. The van der Waals surface area contributed by atoms with Crippen LogP contribution in [-0.2, 0) is 9.63 Å². The second kappa shape index (κ2) is 7.45. The van der Waals surface area contributed by atoms with Gasteiger partial charge in [0.25, 0.3) is 5.90 Å². The maximum Gasteiger partial charge on any atom is 0.308 e. The molecule has 0 fully saturated rings. The van der Waals surface area contributed by atoms with Crippen LogP contribution in [0.4, 0.5) is 0 Å². The van der Waals surface area contributed by atoms with E-state index in [2.05, 4.69) is 5.16 Å². The maximum absolute atomic E-state index is 11.3. The largest absolute Gasteiger partial charge is 0.436 e. The topological polar surface area (TPSA) is 57.1 Å². The zero-order valence-corrected chi connectivity index (χ0v) is 13.6. The zero-order chi connectivity index (χ0) is 16.8. The number of hydrogen-bond donors (Lipinski definition) is 0. The van der Waals surface area contributed by atoms with Gasteiger partial charge in [-0.15, -0.1) is 0 Å². The van der Waals surface area contributed by atoms with Crippen LogP contribution in [0, 0.1) is 13.8 Å². The van der Waals surface area contributed by atoms with Crippen molar-refractivity contribution < 1.29 is 19.1 Å². The Morgan fingerprint density at radius 3 is 2.39 bits per heavy atom. The first kappa shape index (κ1) is 16.5. The van der Waals surface area contributed by atoms with Crippen LogP contribution in [0.1, 0.15) is 23.6 Å². The second-order valence-corrected chi connectivity index (χ2v) is 5.04. The average Bonchev–Trinajstić information content (AvgIpc) is 2.50. The number of para-hydroxylation sites is 1. The fourth-order valence-electron chi connectivity index (χ4n) is 2.04. The predicted octanol–water partition coefficient (Wildman–Crippen LogP) is 3.62. The van der Waals surface area contributed by atoms with Gasteiger partial charge in [-0.3, -0.25) is 4.79 Å². The van der Waals surface area contributed by atoms with Gasteiger partial charge in [-0.1, -0.05) is 29.8 Å². The molecule has 0 radical (unpaired) electrons. The van der Waals surface area contributed by atoms with Gasteiger partial charge in [0.1, 0.15) is 18.6 Å². The van der Waals surface area contributed by atoms with Crippen molar-refractivity contribution in [3.8, 4) is 11.5 Å². The first-order valence-electron chi connectivity index (χ1n) is 7.15. The van der Waals surface area contributed by atoms with Crippen molar-refractivity contribution in [2.75, 3.05) is 7.11 Å². The number of ether oxygens (including phenoxy) is 2. The van der Waals surface area contributed by atoms with Crippen LogP contribution in [0.15, 0.2) is 47.6 Å². The fourth-order valence-corrected chi connectivity index (χ4v) is 2.04. The highest BCUT2D eigenvalue weighted by Gasteiger charge is 2.17. The summed E-state index contributed by atoms with van der Waals surface area (Å²) >= 11 is 0. The standard InChI is InChI=1S/C18H19NO4/c1-12-9-10-17(22-14(3)20)15(11-12)18(19-21-4)23-16-8-6-5-7-13(16)2/h5-11H,1-4H3/b19-18+. The minimum Gasteiger partial charge on any atom is -0.436 e. The van der Waals surface area contributed by atoms with Gasteiger partial charge in [0, 0.05) is 6.92 Å². The summed E-state index contributed by atoms with van der Waals surface area (Å²) in [7, 11) is 1.43. The SMILES string of the molecule is CO/N=C(/Oc1ccccc1C)c1cc(C)ccc1OC(C)=O. The summed E-state index contributed by atoms with van der Waals surface area (Å²) in [5.74, 6) is 0.829. The summed E-state index contributed by atoms with van der Waals surface area (Å²) in [5, 5.41) is 3.94. The number of oxime groups is 1. The third kappa shape index (κ3) is 4.32. The van der Waals surface area contributed by atoms with Gasteiger partial charge in [-0.2, -0.15) is 0 Å². The van der Waals surface area contributed by atoms with Crippen LogP contribution < -0.4 is 9.47 Å². The van der Waals surface area contributed by atoms with Crippen LogP contribution in [0.5, 0.6) is 11.5 Å². The number of aryl methyl sites for hydroxylation is 2. The summed E-state index contributed by atoms with van der Waals surface area (Å²) in [4.78, 5) is 16.2. The van der Waals surface area contributed by atoms with E-state index in [9.17, 15) is 4.79 Å². The first-order valence-corrected chi connectivity index (χ1v) is 7.15. The Kier molecular flexibility index (Phi) is 5.36. The number of carbonyl (C=O) groups excluding carboxylic acids is 1. The van der Waals surface area contributed by atoms with E-state index in [1.807, 2.05) is 50.2 Å². The lowest BCUT2D eigenvalue weighted by molar-refractivity contribution is -0.131. The molecule has 2 aromatic rings. The molecule has 0 saturated heterocycles. The summed E-state index contributed by atoms with van der Waals surface area (Å²) in [6, 6.07) is 12.9. The van der Waals surface area contributed by atoms with Gasteiger partial charge in [-0.25, -0.2) is 0 Å². The lowest BCUT2D eigenvalue weighted by Crippen LogP contribution is -2.15. The van der Waals surface area contributed by atoms with Crippen molar-refractivity contribution in [1.82, 2.24) is 0 Å². The smallest absolute Gasteiger partial charge is 0.308 e. The minimum absolute atomic E-state index is 0.224. The maximum atomic E-state index is 11.3. The molecule has 0 aliphatic carbocycles. The van der Waals surface area contributed by atoms with Crippen molar-refractivity contribution >= 4 is 11.9 Å². The van der Waals surface area contributed by atoms with Crippen LogP contribution in [-0.4, -0.2) is 19.0 Å². The minimum atomic E-state index is -0.414. The van der Waals surface area contributed by atoms with Gasteiger partial charge in [0.15, 0.2) is 0 Å². The Hall–Kier alpha value is -2.82. The van der Waals surface area contributed by atoms with Gasteiger partial charge >= 0.3 is 5.97 Å². The molecule has 0 N–H and O–H groups in total. The molecule has 0 aromatic heterocycles. The van der Waals surface area contributed by atoms with E-state index in [1.165, 1.54) is 14.0 Å². The molecular formula is C18H19NO4. The summed E-state index contributed by atoms with van der Waals surface area (Å²) < 4.78 is 11.1. The molecule has 0 unspecified atom stereocenters. The molecule has 120 valence electrons.